The van der Waals surface area contributed by atoms with E-state index in [-0.39, 0.29) is 5.69 Å². The van der Waals surface area contributed by atoms with Crippen LogP contribution >= 0.6 is 11.8 Å². The van der Waals surface area contributed by atoms with E-state index in [4.69, 9.17) is 16.9 Å². The van der Waals surface area contributed by atoms with Gasteiger partial charge in [-0.3, -0.25) is 4.79 Å². The molecule has 1 aromatic rings. The van der Waals surface area contributed by atoms with E-state index in [1.807, 2.05) is 0 Å². The quantitative estimate of drug-likeness (QED) is 0.675. The van der Waals surface area contributed by atoms with Crippen LogP contribution in [0.25, 0.3) is 0 Å². The van der Waals surface area contributed by atoms with Gasteiger partial charge in [0, 0.05) is 17.8 Å². The zero-order valence-electron chi connectivity index (χ0n) is 5.32. The van der Waals surface area contributed by atoms with Crippen molar-refractivity contribution in [2.24, 2.45) is 0 Å². The van der Waals surface area contributed by atoms with E-state index in [9.17, 15) is 9.59 Å². The maximum atomic E-state index is 10.7. The van der Waals surface area contributed by atoms with Crippen molar-refractivity contribution in [1.82, 2.24) is 4.09 Å². The molecule has 0 saturated carbocycles. The average Bonchev–Trinajstić information content (AvgIpc) is 1.94. The molecule has 0 radical (unpaired) electrons. The van der Waals surface area contributed by atoms with Crippen molar-refractivity contribution in [3.05, 3.63) is 34.2 Å². The van der Waals surface area contributed by atoms with Gasteiger partial charge in [-0.1, -0.05) is 6.07 Å². The van der Waals surface area contributed by atoms with Crippen LogP contribution in [0.2, 0.25) is 0 Å². The zero-order chi connectivity index (χ0) is 8.43. The molecule has 58 valence electrons. The lowest BCUT2D eigenvalue weighted by atomic mass is 10.4. The number of hydrogen-bond donors (Lipinski definition) is 1. The molecule has 0 spiro atoms. The molecule has 4 nitrogen and oxygen atoms in total. The molecule has 0 aliphatic carbocycles. The van der Waals surface area contributed by atoms with Crippen LogP contribution < -0.4 is 5.56 Å². The molecule has 0 unspecified atom stereocenters. The highest BCUT2D eigenvalue weighted by molar-refractivity contribution is 6.17. The van der Waals surface area contributed by atoms with Crippen molar-refractivity contribution in [3.8, 4) is 0 Å². The largest absolute Gasteiger partial charge is 0.477 e. The van der Waals surface area contributed by atoms with Crippen LogP contribution in [0, 0.1) is 0 Å². The molecule has 0 aromatic carbocycles. The minimum atomic E-state index is -1.22. The first kappa shape index (κ1) is 7.81. The molecule has 0 aliphatic rings. The zero-order valence-corrected chi connectivity index (χ0v) is 6.08. The van der Waals surface area contributed by atoms with Crippen molar-refractivity contribution < 1.29 is 9.90 Å². The number of nitrogens with zero attached hydrogens (tertiary/aromatic N) is 1. The van der Waals surface area contributed by atoms with E-state index in [1.165, 1.54) is 18.2 Å². The van der Waals surface area contributed by atoms with Crippen LogP contribution in [0.4, 0.5) is 0 Å². The predicted octanol–water partition coefficient (Wildman–Crippen LogP) is 0.548. The van der Waals surface area contributed by atoms with E-state index in [1.54, 1.807) is 0 Å². The summed E-state index contributed by atoms with van der Waals surface area (Å²) in [6, 6.07) is 3.76. The fourth-order valence-electron chi connectivity index (χ4n) is 0.626. The van der Waals surface area contributed by atoms with Gasteiger partial charge >= 0.3 is 5.97 Å². The SMILES string of the molecule is O=C(O)c1cccc(=O)n1Cl. The minimum Gasteiger partial charge on any atom is -0.477 e. The van der Waals surface area contributed by atoms with E-state index >= 15 is 0 Å². The van der Waals surface area contributed by atoms with Crippen LogP contribution in [0.1, 0.15) is 10.5 Å². The summed E-state index contributed by atoms with van der Waals surface area (Å²) in [4.78, 5) is 21.0. The van der Waals surface area contributed by atoms with Crippen LogP contribution in [0.15, 0.2) is 23.0 Å². The number of rotatable bonds is 1. The number of hydrogen-bond acceptors (Lipinski definition) is 2. The van der Waals surface area contributed by atoms with Gasteiger partial charge in [0.25, 0.3) is 5.56 Å². The average molecular weight is 174 g/mol. The van der Waals surface area contributed by atoms with Crippen molar-refractivity contribution in [3.63, 3.8) is 0 Å². The molecule has 0 atom stereocenters. The summed E-state index contributed by atoms with van der Waals surface area (Å²) in [7, 11) is 0. The first-order chi connectivity index (χ1) is 5.13. The topological polar surface area (TPSA) is 59.3 Å². The summed E-state index contributed by atoms with van der Waals surface area (Å²) < 4.78 is 0.558. The maximum Gasteiger partial charge on any atom is 0.353 e. The normalized spacial score (nSPS) is 9.55. The van der Waals surface area contributed by atoms with Crippen LogP contribution in [0.5, 0.6) is 0 Å². The number of aromatic carboxylic acids is 1. The number of aromatic nitrogens is 1. The number of carboxylic acids is 1. The van der Waals surface area contributed by atoms with E-state index < -0.39 is 11.5 Å². The molecular weight excluding hydrogens is 170 g/mol. The monoisotopic (exact) mass is 173 g/mol. The molecule has 1 rings (SSSR count). The highest BCUT2D eigenvalue weighted by Crippen LogP contribution is 1.96. The van der Waals surface area contributed by atoms with Gasteiger partial charge in [-0.2, -0.15) is 0 Å². The molecule has 1 aromatic heterocycles. The van der Waals surface area contributed by atoms with E-state index in [2.05, 4.69) is 0 Å². The van der Waals surface area contributed by atoms with Crippen LogP contribution in [0.3, 0.4) is 0 Å². The standard InChI is InChI=1S/C6H4ClNO3/c7-8-4(6(10)11)2-1-3-5(8)9/h1-3H,(H,10,11). The van der Waals surface area contributed by atoms with Crippen molar-refractivity contribution in [2.45, 2.75) is 0 Å². The summed E-state index contributed by atoms with van der Waals surface area (Å²) in [5.41, 5.74) is -0.786. The molecule has 0 aliphatic heterocycles. The maximum absolute atomic E-state index is 10.7. The lowest BCUT2D eigenvalue weighted by Gasteiger charge is -1.97. The summed E-state index contributed by atoms with van der Waals surface area (Å²) in [6.07, 6.45) is 0. The molecule has 0 amide bonds. The van der Waals surface area contributed by atoms with Gasteiger partial charge in [0.2, 0.25) is 0 Å². The summed E-state index contributed by atoms with van der Waals surface area (Å²) in [5.74, 6) is -1.22. The first-order valence-corrected chi connectivity index (χ1v) is 3.08. The smallest absolute Gasteiger partial charge is 0.353 e. The van der Waals surface area contributed by atoms with Gasteiger partial charge in [0.1, 0.15) is 5.69 Å². The molecule has 5 heteroatoms. The van der Waals surface area contributed by atoms with Crippen LogP contribution in [-0.4, -0.2) is 15.2 Å². The van der Waals surface area contributed by atoms with Gasteiger partial charge in [0.15, 0.2) is 0 Å². The Balaban J connectivity index is 3.39. The number of halogens is 1. The van der Waals surface area contributed by atoms with Gasteiger partial charge in [-0.05, 0) is 6.07 Å². The molecular formula is C6H4ClNO3. The highest BCUT2D eigenvalue weighted by Gasteiger charge is 2.07. The predicted molar refractivity (Wildman–Crippen MR) is 38.9 cm³/mol. The molecule has 1 heterocycles. The highest BCUT2D eigenvalue weighted by atomic mass is 35.5. The second-order valence-electron chi connectivity index (χ2n) is 1.84. The second kappa shape index (κ2) is 2.75. The summed E-state index contributed by atoms with van der Waals surface area (Å²) in [6.45, 7) is 0. The fourth-order valence-corrected chi connectivity index (χ4v) is 0.811. The Hall–Kier alpha value is -1.29. The van der Waals surface area contributed by atoms with E-state index in [0.717, 1.165) is 0 Å². The number of pyridine rings is 1. The number of carbonyl (C=O) groups is 1. The summed E-state index contributed by atoms with van der Waals surface area (Å²) in [5, 5.41) is 8.45. The third-order valence-corrected chi connectivity index (χ3v) is 1.47. The third-order valence-electron chi connectivity index (χ3n) is 1.12. The lowest BCUT2D eigenvalue weighted by molar-refractivity contribution is 0.0688. The lowest BCUT2D eigenvalue weighted by Crippen LogP contribution is -2.17. The molecule has 0 fully saturated rings. The van der Waals surface area contributed by atoms with Gasteiger partial charge in [0.05, 0.1) is 0 Å². The van der Waals surface area contributed by atoms with Crippen molar-refractivity contribution in [1.29, 1.82) is 0 Å². The molecule has 0 saturated heterocycles. The van der Waals surface area contributed by atoms with Crippen molar-refractivity contribution >= 4 is 17.7 Å². The minimum absolute atomic E-state index is 0.237. The Morgan fingerprint density at radius 3 is 2.64 bits per heavy atom. The summed E-state index contributed by atoms with van der Waals surface area (Å²) >= 11 is 5.31. The second-order valence-corrected chi connectivity index (χ2v) is 2.17. The Labute approximate surface area is 66.8 Å². The number of carboxylic acid groups (broad SMARTS) is 1. The first-order valence-electron chi connectivity index (χ1n) is 2.74. The fraction of sp³-hybridized carbons (Fsp3) is 0. The molecule has 0 bridgehead atoms. The third kappa shape index (κ3) is 1.40. The van der Waals surface area contributed by atoms with Crippen LogP contribution in [-0.2, 0) is 0 Å². The van der Waals surface area contributed by atoms with Gasteiger partial charge in [-0.25, -0.2) is 8.88 Å². The van der Waals surface area contributed by atoms with E-state index in [0.29, 0.717) is 4.09 Å². The molecule has 11 heavy (non-hydrogen) atoms. The van der Waals surface area contributed by atoms with Gasteiger partial charge in [-0.15, -0.1) is 0 Å². The van der Waals surface area contributed by atoms with Crippen molar-refractivity contribution in [2.75, 3.05) is 0 Å². The Morgan fingerprint density at radius 2 is 2.18 bits per heavy atom. The van der Waals surface area contributed by atoms with Gasteiger partial charge < -0.3 is 5.11 Å². The Morgan fingerprint density at radius 1 is 1.55 bits per heavy atom. The Kier molecular flexibility index (Phi) is 1.96. The Bertz CT molecular complexity index is 344. The molecule has 1 N–H and O–H groups in total.